The summed E-state index contributed by atoms with van der Waals surface area (Å²) in [6, 6.07) is 11.1. The molecular formula is C20H21N3O4. The van der Waals surface area contributed by atoms with Crippen LogP contribution in [0.25, 0.3) is 11.0 Å². The number of rotatable bonds is 5. The van der Waals surface area contributed by atoms with Gasteiger partial charge in [-0.25, -0.2) is 4.98 Å². The zero-order chi connectivity index (χ0) is 18.8. The number of hydrogen-bond donors (Lipinski definition) is 1. The van der Waals surface area contributed by atoms with Gasteiger partial charge >= 0.3 is 0 Å². The normalized spacial score (nSPS) is 13.3. The van der Waals surface area contributed by atoms with Gasteiger partial charge in [-0.05, 0) is 36.4 Å². The van der Waals surface area contributed by atoms with Gasteiger partial charge in [0.05, 0.1) is 31.9 Å². The molecule has 1 N–H and O–H groups in total. The highest BCUT2D eigenvalue weighted by Crippen LogP contribution is 2.24. The molecule has 1 amide bonds. The van der Waals surface area contributed by atoms with E-state index in [1.165, 1.54) is 0 Å². The number of carbonyl (C=O) groups excluding carboxylic acids is 1. The third-order valence-corrected chi connectivity index (χ3v) is 4.71. The SMILES string of the molecule is COc1ccc(OC)c(CNC(=O)c2ccc3c(c2)nc2n3CCOC2)c1. The minimum Gasteiger partial charge on any atom is -0.497 e. The maximum Gasteiger partial charge on any atom is 0.251 e. The topological polar surface area (TPSA) is 74.6 Å². The fraction of sp³-hybridized carbons (Fsp3) is 0.300. The first-order valence-corrected chi connectivity index (χ1v) is 8.75. The number of fused-ring (bicyclic) bond motifs is 3. The van der Waals surface area contributed by atoms with E-state index in [0.717, 1.165) is 29.0 Å². The maximum atomic E-state index is 12.6. The molecule has 2 aromatic carbocycles. The standard InChI is InChI=1S/C20H21N3O4/c1-25-15-4-6-18(26-2)14(9-15)11-21-20(24)13-3-5-17-16(10-13)22-19-12-27-8-7-23(17)19/h3-6,9-10H,7-8,11-12H2,1-2H3,(H,21,24). The molecule has 0 saturated carbocycles. The largest absolute Gasteiger partial charge is 0.497 e. The first-order chi connectivity index (χ1) is 13.2. The van der Waals surface area contributed by atoms with Crippen molar-refractivity contribution in [3.63, 3.8) is 0 Å². The molecule has 1 aromatic heterocycles. The molecule has 1 aliphatic heterocycles. The minimum absolute atomic E-state index is 0.163. The van der Waals surface area contributed by atoms with Crippen LogP contribution in [0, 0.1) is 0 Å². The Hall–Kier alpha value is -3.06. The molecule has 7 nitrogen and oxygen atoms in total. The van der Waals surface area contributed by atoms with Crippen molar-refractivity contribution in [2.75, 3.05) is 20.8 Å². The van der Waals surface area contributed by atoms with E-state index >= 15 is 0 Å². The Kier molecular flexibility index (Phi) is 4.68. The monoisotopic (exact) mass is 367 g/mol. The van der Waals surface area contributed by atoms with E-state index in [9.17, 15) is 4.79 Å². The predicted molar refractivity (Wildman–Crippen MR) is 100 cm³/mol. The Bertz CT molecular complexity index is 996. The second-order valence-electron chi connectivity index (χ2n) is 6.30. The van der Waals surface area contributed by atoms with E-state index in [1.54, 1.807) is 14.2 Å². The van der Waals surface area contributed by atoms with Gasteiger partial charge < -0.3 is 24.1 Å². The average molecular weight is 367 g/mol. The van der Waals surface area contributed by atoms with Crippen LogP contribution >= 0.6 is 0 Å². The summed E-state index contributed by atoms with van der Waals surface area (Å²) in [5.41, 5.74) is 3.25. The number of nitrogens with zero attached hydrogens (tertiary/aromatic N) is 2. The van der Waals surface area contributed by atoms with Crippen molar-refractivity contribution in [3.8, 4) is 11.5 Å². The number of aromatic nitrogens is 2. The number of hydrogen-bond acceptors (Lipinski definition) is 5. The van der Waals surface area contributed by atoms with Crippen molar-refractivity contribution >= 4 is 16.9 Å². The van der Waals surface area contributed by atoms with E-state index < -0.39 is 0 Å². The number of benzene rings is 2. The second kappa shape index (κ2) is 7.28. The fourth-order valence-corrected chi connectivity index (χ4v) is 3.30. The Morgan fingerprint density at radius 2 is 2.11 bits per heavy atom. The van der Waals surface area contributed by atoms with E-state index in [1.807, 2.05) is 36.4 Å². The van der Waals surface area contributed by atoms with Crippen LogP contribution in [0.3, 0.4) is 0 Å². The van der Waals surface area contributed by atoms with Crippen molar-refractivity contribution in [2.45, 2.75) is 19.7 Å². The lowest BCUT2D eigenvalue weighted by atomic mass is 10.1. The number of amides is 1. The van der Waals surface area contributed by atoms with Crippen molar-refractivity contribution in [2.24, 2.45) is 0 Å². The lowest BCUT2D eigenvalue weighted by Crippen LogP contribution is -2.23. The lowest BCUT2D eigenvalue weighted by molar-refractivity contribution is 0.0830. The van der Waals surface area contributed by atoms with Gasteiger partial charge in [0.25, 0.3) is 5.91 Å². The first kappa shape index (κ1) is 17.4. The van der Waals surface area contributed by atoms with Crippen LogP contribution in [-0.2, 0) is 24.4 Å². The summed E-state index contributed by atoms with van der Waals surface area (Å²) in [5, 5.41) is 2.93. The highest BCUT2D eigenvalue weighted by molar-refractivity contribution is 5.97. The van der Waals surface area contributed by atoms with Crippen LogP contribution in [0.5, 0.6) is 11.5 Å². The Morgan fingerprint density at radius 1 is 1.22 bits per heavy atom. The molecule has 2 heterocycles. The number of methoxy groups -OCH3 is 2. The molecular weight excluding hydrogens is 346 g/mol. The molecule has 140 valence electrons. The van der Waals surface area contributed by atoms with E-state index in [4.69, 9.17) is 14.2 Å². The number of imidazole rings is 1. The Morgan fingerprint density at radius 3 is 2.93 bits per heavy atom. The summed E-state index contributed by atoms with van der Waals surface area (Å²) in [6.45, 7) is 2.31. The van der Waals surface area contributed by atoms with E-state index in [-0.39, 0.29) is 5.91 Å². The smallest absolute Gasteiger partial charge is 0.251 e. The highest BCUT2D eigenvalue weighted by atomic mass is 16.5. The van der Waals surface area contributed by atoms with Crippen molar-refractivity contribution in [1.29, 1.82) is 0 Å². The summed E-state index contributed by atoms with van der Waals surface area (Å²) < 4.78 is 18.2. The van der Waals surface area contributed by atoms with Gasteiger partial charge in [0.1, 0.15) is 23.9 Å². The Labute approximate surface area is 156 Å². The summed E-state index contributed by atoms with van der Waals surface area (Å²) in [5.74, 6) is 2.15. The van der Waals surface area contributed by atoms with Gasteiger partial charge in [-0.2, -0.15) is 0 Å². The molecule has 7 heteroatoms. The number of carbonyl (C=O) groups is 1. The molecule has 0 bridgehead atoms. The summed E-state index contributed by atoms with van der Waals surface area (Å²) in [7, 11) is 3.21. The molecule has 0 radical (unpaired) electrons. The molecule has 3 aromatic rings. The van der Waals surface area contributed by atoms with Crippen molar-refractivity contribution < 1.29 is 19.0 Å². The molecule has 0 atom stereocenters. The molecule has 1 aliphatic rings. The van der Waals surface area contributed by atoms with Crippen LogP contribution in [0.2, 0.25) is 0 Å². The minimum atomic E-state index is -0.163. The quantitative estimate of drug-likeness (QED) is 0.750. The second-order valence-corrected chi connectivity index (χ2v) is 6.30. The van der Waals surface area contributed by atoms with Crippen LogP contribution < -0.4 is 14.8 Å². The van der Waals surface area contributed by atoms with Gasteiger partial charge in [0.15, 0.2) is 0 Å². The molecule has 0 saturated heterocycles. The van der Waals surface area contributed by atoms with Gasteiger partial charge in [-0.3, -0.25) is 4.79 Å². The van der Waals surface area contributed by atoms with Gasteiger partial charge in [-0.15, -0.1) is 0 Å². The zero-order valence-corrected chi connectivity index (χ0v) is 15.3. The Balaban J connectivity index is 1.53. The van der Waals surface area contributed by atoms with Gasteiger partial charge in [-0.1, -0.05) is 0 Å². The molecule has 0 unspecified atom stereocenters. The maximum absolute atomic E-state index is 12.6. The van der Waals surface area contributed by atoms with Gasteiger partial charge in [0.2, 0.25) is 0 Å². The van der Waals surface area contributed by atoms with Gasteiger partial charge in [0, 0.05) is 24.2 Å². The summed E-state index contributed by atoms with van der Waals surface area (Å²) in [4.78, 5) is 17.2. The zero-order valence-electron chi connectivity index (χ0n) is 15.3. The molecule has 0 spiro atoms. The lowest BCUT2D eigenvalue weighted by Gasteiger charge is -2.14. The van der Waals surface area contributed by atoms with E-state index in [2.05, 4.69) is 14.9 Å². The predicted octanol–water partition coefficient (Wildman–Crippen LogP) is 2.51. The molecule has 27 heavy (non-hydrogen) atoms. The van der Waals surface area contributed by atoms with E-state index in [0.29, 0.717) is 36.8 Å². The molecule has 0 fully saturated rings. The third-order valence-electron chi connectivity index (χ3n) is 4.71. The highest BCUT2D eigenvalue weighted by Gasteiger charge is 2.16. The van der Waals surface area contributed by atoms with Crippen LogP contribution in [0.15, 0.2) is 36.4 Å². The molecule has 0 aliphatic carbocycles. The number of ether oxygens (including phenoxy) is 3. The number of nitrogens with one attached hydrogen (secondary N) is 1. The van der Waals surface area contributed by atoms with Crippen LogP contribution in [0.1, 0.15) is 21.7 Å². The third kappa shape index (κ3) is 3.33. The first-order valence-electron chi connectivity index (χ1n) is 8.75. The van der Waals surface area contributed by atoms with Crippen LogP contribution in [0.4, 0.5) is 0 Å². The van der Waals surface area contributed by atoms with Crippen LogP contribution in [-0.4, -0.2) is 36.3 Å². The summed E-state index contributed by atoms with van der Waals surface area (Å²) in [6.07, 6.45) is 0. The average Bonchev–Trinajstić information content (AvgIpc) is 3.09. The summed E-state index contributed by atoms with van der Waals surface area (Å²) >= 11 is 0. The fourth-order valence-electron chi connectivity index (χ4n) is 3.30. The van der Waals surface area contributed by atoms with Crippen molar-refractivity contribution in [1.82, 2.24) is 14.9 Å². The molecule has 4 rings (SSSR count). The van der Waals surface area contributed by atoms with Crippen molar-refractivity contribution in [3.05, 3.63) is 53.3 Å².